The average Bonchev–Trinajstić information content (AvgIpc) is 2.25. The molecular weight excluding hydrogens is 210 g/mol. The third-order valence-electron chi connectivity index (χ3n) is 2.13. The van der Waals surface area contributed by atoms with Gasteiger partial charge in [-0.15, -0.1) is 0 Å². The Kier molecular flexibility index (Phi) is 4.15. The van der Waals surface area contributed by atoms with Gasteiger partial charge in [-0.25, -0.2) is 4.79 Å². The van der Waals surface area contributed by atoms with E-state index in [1.54, 1.807) is 0 Å². The molecule has 1 heterocycles. The molecule has 0 spiro atoms. The van der Waals surface area contributed by atoms with E-state index in [0.29, 0.717) is 13.2 Å². The number of nitrogens with zero attached hydrogens (tertiary/aromatic N) is 1. The molecule has 0 bridgehead atoms. The summed E-state index contributed by atoms with van der Waals surface area (Å²) >= 11 is 0. The molecule has 1 rings (SSSR count). The third-order valence-corrected chi connectivity index (χ3v) is 2.13. The van der Waals surface area contributed by atoms with Crippen molar-refractivity contribution >= 4 is 6.09 Å². The molecule has 94 valence electrons. The second-order valence-corrected chi connectivity index (χ2v) is 5.28. The summed E-state index contributed by atoms with van der Waals surface area (Å²) < 4.78 is 10.4. The molecule has 2 atom stereocenters. The summed E-state index contributed by atoms with van der Waals surface area (Å²) in [6.07, 6.45) is -1.32. The van der Waals surface area contributed by atoms with Gasteiger partial charge in [0.25, 0.3) is 0 Å². The fourth-order valence-corrected chi connectivity index (χ4v) is 1.50. The summed E-state index contributed by atoms with van der Waals surface area (Å²) in [5, 5.41) is 9.45. The highest BCUT2D eigenvalue weighted by Gasteiger charge is 2.28. The van der Waals surface area contributed by atoms with Crippen LogP contribution in [0.25, 0.3) is 0 Å². The first-order chi connectivity index (χ1) is 7.28. The first-order valence-corrected chi connectivity index (χ1v) is 5.55. The minimum atomic E-state index is -0.919. The Labute approximate surface area is 96.3 Å². The quantitative estimate of drug-likeness (QED) is 0.680. The number of aliphatic hydroxyl groups excluding tert-OH is 1. The summed E-state index contributed by atoms with van der Waals surface area (Å²) in [4.78, 5) is 13.3. The van der Waals surface area contributed by atoms with Gasteiger partial charge in [0, 0.05) is 6.54 Å². The van der Waals surface area contributed by atoms with E-state index in [1.165, 1.54) is 4.90 Å². The monoisotopic (exact) mass is 231 g/mol. The zero-order chi connectivity index (χ0) is 12.3. The lowest BCUT2D eigenvalue weighted by Crippen LogP contribution is -2.41. The van der Waals surface area contributed by atoms with E-state index in [1.807, 2.05) is 27.7 Å². The van der Waals surface area contributed by atoms with Crippen LogP contribution in [0.2, 0.25) is 0 Å². The van der Waals surface area contributed by atoms with Crippen molar-refractivity contribution in [1.82, 2.24) is 4.90 Å². The third kappa shape index (κ3) is 4.37. The Balaban J connectivity index is 2.59. The molecule has 5 heteroatoms. The second kappa shape index (κ2) is 5.01. The lowest BCUT2D eigenvalue weighted by molar-refractivity contribution is -0.102. The SMILES string of the molecule is CC1COC(O)CN(C(=O)OC(C)(C)C)C1. The number of β-amino-alcohol motifs (C(OH)–C–C–N with tert-alkyl or cyclic N) is 1. The molecule has 5 nitrogen and oxygen atoms in total. The molecule has 0 saturated carbocycles. The molecule has 1 aliphatic heterocycles. The number of ether oxygens (including phenoxy) is 2. The standard InChI is InChI=1S/C11H21NO4/c1-8-5-12(6-9(13)15-7-8)10(14)16-11(2,3)4/h8-9,13H,5-7H2,1-4H3. The molecule has 0 aliphatic carbocycles. The van der Waals surface area contributed by atoms with Crippen LogP contribution in [0.4, 0.5) is 4.79 Å². The smallest absolute Gasteiger partial charge is 0.410 e. The summed E-state index contributed by atoms with van der Waals surface area (Å²) in [5.41, 5.74) is -0.515. The molecule has 16 heavy (non-hydrogen) atoms. The normalized spacial score (nSPS) is 27.4. The van der Waals surface area contributed by atoms with Gasteiger partial charge in [-0.3, -0.25) is 0 Å². The predicted octanol–water partition coefficient (Wildman–Crippen LogP) is 1.21. The maximum Gasteiger partial charge on any atom is 0.410 e. The fraction of sp³-hybridized carbons (Fsp3) is 0.909. The van der Waals surface area contributed by atoms with Crippen molar-refractivity contribution in [2.45, 2.75) is 39.6 Å². The summed E-state index contributed by atoms with van der Waals surface area (Å²) in [7, 11) is 0. The van der Waals surface area contributed by atoms with Gasteiger partial charge in [0.05, 0.1) is 13.2 Å². The molecule has 1 aliphatic rings. The van der Waals surface area contributed by atoms with Crippen LogP contribution in [0.1, 0.15) is 27.7 Å². The van der Waals surface area contributed by atoms with Gasteiger partial charge in [0.15, 0.2) is 6.29 Å². The topological polar surface area (TPSA) is 59.0 Å². The van der Waals surface area contributed by atoms with Gasteiger partial charge in [-0.05, 0) is 26.7 Å². The molecule has 0 aromatic rings. The number of carbonyl (C=O) groups is 1. The molecule has 1 N–H and O–H groups in total. The Hall–Kier alpha value is -0.810. The van der Waals surface area contributed by atoms with E-state index in [-0.39, 0.29) is 12.5 Å². The molecule has 2 unspecified atom stereocenters. The van der Waals surface area contributed by atoms with Gasteiger partial charge in [0.2, 0.25) is 0 Å². The molecule has 1 saturated heterocycles. The van der Waals surface area contributed by atoms with E-state index in [9.17, 15) is 9.90 Å². The summed E-state index contributed by atoms with van der Waals surface area (Å²) in [6.45, 7) is 8.60. The number of hydrogen-bond acceptors (Lipinski definition) is 4. The Morgan fingerprint density at radius 3 is 2.62 bits per heavy atom. The molecular formula is C11H21NO4. The van der Waals surface area contributed by atoms with Crippen LogP contribution in [0.3, 0.4) is 0 Å². The minimum Gasteiger partial charge on any atom is -0.444 e. The average molecular weight is 231 g/mol. The highest BCUT2D eigenvalue weighted by molar-refractivity contribution is 5.68. The van der Waals surface area contributed by atoms with Gasteiger partial charge in [-0.1, -0.05) is 6.92 Å². The van der Waals surface area contributed by atoms with Crippen molar-refractivity contribution in [2.24, 2.45) is 5.92 Å². The van der Waals surface area contributed by atoms with Crippen LogP contribution in [0, 0.1) is 5.92 Å². The van der Waals surface area contributed by atoms with E-state index < -0.39 is 18.0 Å². The van der Waals surface area contributed by atoms with Gasteiger partial charge in [0.1, 0.15) is 5.60 Å². The van der Waals surface area contributed by atoms with Crippen molar-refractivity contribution in [1.29, 1.82) is 0 Å². The van der Waals surface area contributed by atoms with E-state index in [2.05, 4.69) is 0 Å². The van der Waals surface area contributed by atoms with Crippen LogP contribution in [-0.2, 0) is 9.47 Å². The first-order valence-electron chi connectivity index (χ1n) is 5.55. The molecule has 1 amide bonds. The first kappa shape index (κ1) is 13.3. The lowest BCUT2D eigenvalue weighted by Gasteiger charge is -2.27. The van der Waals surface area contributed by atoms with Crippen molar-refractivity contribution in [3.05, 3.63) is 0 Å². The number of hydrogen-bond donors (Lipinski definition) is 1. The van der Waals surface area contributed by atoms with Gasteiger partial charge in [-0.2, -0.15) is 0 Å². The van der Waals surface area contributed by atoms with Crippen LogP contribution in [0.15, 0.2) is 0 Å². The van der Waals surface area contributed by atoms with Crippen LogP contribution >= 0.6 is 0 Å². The Bertz CT molecular complexity index is 237. The minimum absolute atomic E-state index is 0.166. The molecule has 0 aromatic heterocycles. The number of amides is 1. The Morgan fingerprint density at radius 2 is 2.06 bits per heavy atom. The lowest BCUT2D eigenvalue weighted by atomic mass is 10.2. The maximum absolute atomic E-state index is 11.8. The Morgan fingerprint density at radius 1 is 1.44 bits per heavy atom. The summed E-state index contributed by atoms with van der Waals surface area (Å²) in [6, 6.07) is 0. The highest BCUT2D eigenvalue weighted by atomic mass is 16.6. The zero-order valence-electron chi connectivity index (χ0n) is 10.4. The van der Waals surface area contributed by atoms with Crippen LogP contribution in [-0.4, -0.2) is 47.7 Å². The van der Waals surface area contributed by atoms with Crippen LogP contribution < -0.4 is 0 Å². The van der Waals surface area contributed by atoms with E-state index in [0.717, 1.165) is 0 Å². The van der Waals surface area contributed by atoms with E-state index >= 15 is 0 Å². The predicted molar refractivity (Wildman–Crippen MR) is 58.9 cm³/mol. The van der Waals surface area contributed by atoms with E-state index in [4.69, 9.17) is 9.47 Å². The molecule has 1 fully saturated rings. The zero-order valence-corrected chi connectivity index (χ0v) is 10.4. The highest BCUT2D eigenvalue weighted by Crippen LogP contribution is 2.14. The second-order valence-electron chi connectivity index (χ2n) is 5.28. The van der Waals surface area contributed by atoms with Gasteiger partial charge < -0.3 is 19.5 Å². The van der Waals surface area contributed by atoms with Crippen LogP contribution in [0.5, 0.6) is 0 Å². The van der Waals surface area contributed by atoms with Crippen molar-refractivity contribution < 1.29 is 19.4 Å². The van der Waals surface area contributed by atoms with Crippen molar-refractivity contribution in [2.75, 3.05) is 19.7 Å². The fourth-order valence-electron chi connectivity index (χ4n) is 1.50. The molecule has 0 radical (unpaired) electrons. The number of carbonyl (C=O) groups excluding carboxylic acids is 1. The molecule has 0 aromatic carbocycles. The largest absolute Gasteiger partial charge is 0.444 e. The van der Waals surface area contributed by atoms with Gasteiger partial charge >= 0.3 is 6.09 Å². The van der Waals surface area contributed by atoms with Crippen molar-refractivity contribution in [3.8, 4) is 0 Å². The number of aliphatic hydroxyl groups is 1. The van der Waals surface area contributed by atoms with Crippen molar-refractivity contribution in [3.63, 3.8) is 0 Å². The maximum atomic E-state index is 11.8. The summed E-state index contributed by atoms with van der Waals surface area (Å²) in [5.74, 6) is 0.199. The number of rotatable bonds is 0.